The molecule has 0 aliphatic rings. The summed E-state index contributed by atoms with van der Waals surface area (Å²) in [5, 5.41) is 2.96. The summed E-state index contributed by atoms with van der Waals surface area (Å²) in [6.45, 7) is 4.49. The van der Waals surface area contributed by atoms with Gasteiger partial charge >= 0.3 is 0 Å². The van der Waals surface area contributed by atoms with Crippen LogP contribution in [0.4, 0.5) is 0 Å². The molecule has 0 fully saturated rings. The van der Waals surface area contributed by atoms with Gasteiger partial charge in [0.25, 0.3) is 0 Å². The number of benzene rings is 2. The molecule has 0 unspecified atom stereocenters. The summed E-state index contributed by atoms with van der Waals surface area (Å²) in [5.41, 5.74) is 4.05. The quantitative estimate of drug-likeness (QED) is 0.891. The van der Waals surface area contributed by atoms with E-state index in [0.717, 1.165) is 22.4 Å². The Bertz CT molecular complexity index is 695. The molecule has 122 valence electrons. The Hall–Kier alpha value is -2.49. The average molecular weight is 313 g/mol. The minimum atomic E-state index is -0.0314. The third-order valence-electron chi connectivity index (χ3n) is 3.95. The molecule has 0 atom stereocenters. The lowest BCUT2D eigenvalue weighted by atomic mass is 10.0. The highest BCUT2D eigenvalue weighted by Gasteiger charge is 2.14. The molecule has 0 saturated carbocycles. The Kier molecular flexibility index (Phi) is 5.63. The van der Waals surface area contributed by atoms with Crippen molar-refractivity contribution >= 4 is 5.91 Å². The lowest BCUT2D eigenvalue weighted by molar-refractivity contribution is -0.120. The van der Waals surface area contributed by atoms with Gasteiger partial charge in [0.05, 0.1) is 20.6 Å². The van der Waals surface area contributed by atoms with Crippen molar-refractivity contribution in [1.82, 2.24) is 5.32 Å². The molecular weight excluding hydrogens is 290 g/mol. The van der Waals surface area contributed by atoms with Crippen LogP contribution in [0.2, 0.25) is 0 Å². The number of hydrogen-bond donors (Lipinski definition) is 1. The molecule has 0 aliphatic heterocycles. The molecule has 2 rings (SSSR count). The highest BCUT2D eigenvalue weighted by atomic mass is 16.5. The molecular formula is C19H23NO3. The molecule has 0 bridgehead atoms. The fourth-order valence-electron chi connectivity index (χ4n) is 2.61. The summed E-state index contributed by atoms with van der Waals surface area (Å²) in [6, 6.07) is 11.8. The van der Waals surface area contributed by atoms with Crippen LogP contribution in [0.15, 0.2) is 36.4 Å². The van der Waals surface area contributed by atoms with Crippen molar-refractivity contribution in [3.8, 4) is 11.5 Å². The van der Waals surface area contributed by atoms with Crippen LogP contribution in [0.1, 0.15) is 22.3 Å². The number of hydrogen-bond acceptors (Lipinski definition) is 3. The Morgan fingerprint density at radius 2 is 1.74 bits per heavy atom. The van der Waals surface area contributed by atoms with Gasteiger partial charge in [0, 0.05) is 17.7 Å². The van der Waals surface area contributed by atoms with E-state index in [4.69, 9.17) is 9.47 Å². The summed E-state index contributed by atoms with van der Waals surface area (Å²) < 4.78 is 10.7. The first-order valence-corrected chi connectivity index (χ1v) is 7.58. The average Bonchev–Trinajstić information content (AvgIpc) is 2.54. The molecule has 0 aromatic heterocycles. The monoisotopic (exact) mass is 313 g/mol. The van der Waals surface area contributed by atoms with Gasteiger partial charge in [-0.2, -0.15) is 0 Å². The zero-order chi connectivity index (χ0) is 16.8. The second-order valence-electron chi connectivity index (χ2n) is 5.47. The Labute approximate surface area is 137 Å². The first-order valence-electron chi connectivity index (χ1n) is 7.58. The van der Waals surface area contributed by atoms with Crippen LogP contribution in [0, 0.1) is 13.8 Å². The Morgan fingerprint density at radius 3 is 2.39 bits per heavy atom. The van der Waals surface area contributed by atoms with Crippen molar-refractivity contribution in [2.24, 2.45) is 0 Å². The van der Waals surface area contributed by atoms with Gasteiger partial charge in [-0.3, -0.25) is 4.79 Å². The molecule has 2 aromatic rings. The predicted molar refractivity (Wildman–Crippen MR) is 91.0 cm³/mol. The second kappa shape index (κ2) is 7.68. The number of aryl methyl sites for hydroxylation is 1. The van der Waals surface area contributed by atoms with Crippen LogP contribution in [0.3, 0.4) is 0 Å². The van der Waals surface area contributed by atoms with E-state index in [0.29, 0.717) is 12.3 Å². The van der Waals surface area contributed by atoms with E-state index in [1.807, 2.05) is 50.2 Å². The highest BCUT2D eigenvalue weighted by molar-refractivity contribution is 5.79. The van der Waals surface area contributed by atoms with Crippen LogP contribution in [0.5, 0.6) is 11.5 Å². The molecule has 0 spiro atoms. The normalized spacial score (nSPS) is 10.3. The van der Waals surface area contributed by atoms with E-state index < -0.39 is 0 Å². The van der Waals surface area contributed by atoms with Crippen molar-refractivity contribution in [3.05, 3.63) is 58.7 Å². The number of methoxy groups -OCH3 is 2. The molecule has 1 amide bonds. The molecule has 4 nitrogen and oxygen atoms in total. The van der Waals surface area contributed by atoms with Crippen LogP contribution < -0.4 is 14.8 Å². The van der Waals surface area contributed by atoms with E-state index in [1.165, 1.54) is 5.56 Å². The van der Waals surface area contributed by atoms with E-state index in [2.05, 4.69) is 5.32 Å². The highest BCUT2D eigenvalue weighted by Crippen LogP contribution is 2.31. The minimum Gasteiger partial charge on any atom is -0.496 e. The third-order valence-corrected chi connectivity index (χ3v) is 3.95. The SMILES string of the molecule is COc1ccc(CC(=O)NCc2ccccc2C)c(OC)c1C. The molecule has 23 heavy (non-hydrogen) atoms. The Morgan fingerprint density at radius 1 is 1.00 bits per heavy atom. The van der Waals surface area contributed by atoms with Crippen molar-refractivity contribution in [2.75, 3.05) is 14.2 Å². The maximum absolute atomic E-state index is 12.2. The van der Waals surface area contributed by atoms with Crippen LogP contribution in [0.25, 0.3) is 0 Å². The largest absolute Gasteiger partial charge is 0.496 e. The van der Waals surface area contributed by atoms with Gasteiger partial charge in [-0.15, -0.1) is 0 Å². The summed E-state index contributed by atoms with van der Waals surface area (Å²) in [6.07, 6.45) is 0.278. The number of carbonyl (C=O) groups is 1. The lowest BCUT2D eigenvalue weighted by Crippen LogP contribution is -2.25. The van der Waals surface area contributed by atoms with Gasteiger partial charge in [0.15, 0.2) is 0 Å². The van der Waals surface area contributed by atoms with Gasteiger partial charge in [-0.05, 0) is 31.0 Å². The molecule has 0 aliphatic carbocycles. The number of ether oxygens (including phenoxy) is 2. The molecule has 4 heteroatoms. The number of rotatable bonds is 6. The fraction of sp³-hybridized carbons (Fsp3) is 0.316. The van der Waals surface area contributed by atoms with Crippen molar-refractivity contribution in [2.45, 2.75) is 26.8 Å². The van der Waals surface area contributed by atoms with E-state index in [-0.39, 0.29) is 12.3 Å². The number of amides is 1. The molecule has 0 saturated heterocycles. The predicted octanol–water partition coefficient (Wildman–Crippen LogP) is 3.18. The molecule has 1 N–H and O–H groups in total. The van der Waals surface area contributed by atoms with Crippen LogP contribution in [-0.2, 0) is 17.8 Å². The summed E-state index contributed by atoms with van der Waals surface area (Å²) >= 11 is 0. The maximum Gasteiger partial charge on any atom is 0.224 e. The number of nitrogens with one attached hydrogen (secondary N) is 1. The van der Waals surface area contributed by atoms with E-state index in [1.54, 1.807) is 14.2 Å². The lowest BCUT2D eigenvalue weighted by Gasteiger charge is -2.14. The zero-order valence-electron chi connectivity index (χ0n) is 14.1. The van der Waals surface area contributed by atoms with E-state index in [9.17, 15) is 4.79 Å². The Balaban J connectivity index is 2.06. The smallest absolute Gasteiger partial charge is 0.224 e. The molecule has 0 heterocycles. The van der Waals surface area contributed by atoms with Gasteiger partial charge in [0.1, 0.15) is 11.5 Å². The number of carbonyl (C=O) groups excluding carboxylic acids is 1. The second-order valence-corrected chi connectivity index (χ2v) is 5.47. The van der Waals surface area contributed by atoms with Crippen molar-refractivity contribution in [3.63, 3.8) is 0 Å². The first-order chi connectivity index (χ1) is 11.1. The zero-order valence-corrected chi connectivity index (χ0v) is 14.1. The standard InChI is InChI=1S/C19H23NO3/c1-13-7-5-6-8-16(13)12-20-18(21)11-15-9-10-17(22-3)14(2)19(15)23-4/h5-10H,11-12H2,1-4H3,(H,20,21). The van der Waals surface area contributed by atoms with E-state index >= 15 is 0 Å². The van der Waals surface area contributed by atoms with Crippen LogP contribution >= 0.6 is 0 Å². The van der Waals surface area contributed by atoms with Crippen molar-refractivity contribution in [1.29, 1.82) is 0 Å². The summed E-state index contributed by atoms with van der Waals surface area (Å²) in [7, 11) is 3.23. The topological polar surface area (TPSA) is 47.6 Å². The van der Waals surface area contributed by atoms with Gasteiger partial charge in [0.2, 0.25) is 5.91 Å². The molecule has 2 aromatic carbocycles. The summed E-state index contributed by atoms with van der Waals surface area (Å²) in [4.78, 5) is 12.2. The first kappa shape index (κ1) is 16.9. The van der Waals surface area contributed by atoms with Gasteiger partial charge in [-0.1, -0.05) is 30.3 Å². The van der Waals surface area contributed by atoms with Gasteiger partial charge in [-0.25, -0.2) is 0 Å². The van der Waals surface area contributed by atoms with Gasteiger partial charge < -0.3 is 14.8 Å². The minimum absolute atomic E-state index is 0.0314. The molecule has 0 radical (unpaired) electrons. The summed E-state index contributed by atoms with van der Waals surface area (Å²) in [5.74, 6) is 1.43. The fourth-order valence-corrected chi connectivity index (χ4v) is 2.61. The maximum atomic E-state index is 12.2. The van der Waals surface area contributed by atoms with Crippen molar-refractivity contribution < 1.29 is 14.3 Å². The van der Waals surface area contributed by atoms with Crippen LogP contribution in [-0.4, -0.2) is 20.1 Å². The third kappa shape index (κ3) is 4.03.